The number of rotatable bonds is 1. The number of urea groups is 1. The molecule has 3 N–H and O–H groups in total. The van der Waals surface area contributed by atoms with Crippen LogP contribution in [0, 0.1) is 0 Å². The Bertz CT molecular complexity index is 615. The summed E-state index contributed by atoms with van der Waals surface area (Å²) in [6.45, 7) is 1.99. The lowest BCUT2D eigenvalue weighted by Crippen LogP contribution is -2.50. The molecule has 0 aliphatic carbocycles. The maximum Gasteiger partial charge on any atom is 0.315 e. The van der Waals surface area contributed by atoms with Gasteiger partial charge in [-0.25, -0.2) is 9.78 Å². The molecule has 1 aliphatic heterocycles. The van der Waals surface area contributed by atoms with Gasteiger partial charge in [-0.2, -0.15) is 0 Å². The van der Waals surface area contributed by atoms with E-state index in [1.807, 2.05) is 24.3 Å². The summed E-state index contributed by atoms with van der Waals surface area (Å²) < 4.78 is 0. The maximum atomic E-state index is 11.5. The topological polar surface area (TPSA) is 84.1 Å². The third-order valence-corrected chi connectivity index (χ3v) is 3.34. The van der Waals surface area contributed by atoms with Crippen LogP contribution in [0.4, 0.5) is 4.79 Å². The van der Waals surface area contributed by atoms with Crippen molar-refractivity contribution in [1.29, 1.82) is 0 Å². The third kappa shape index (κ3) is 2.22. The normalized spacial score (nSPS) is 19.6. The predicted octanol–water partition coefficient (Wildman–Crippen LogP) is 0.655. The number of hydrogen-bond acceptors (Lipinski definition) is 4. The molecule has 2 amide bonds. The van der Waals surface area contributed by atoms with Crippen molar-refractivity contribution in [3.8, 4) is 0 Å². The summed E-state index contributed by atoms with van der Waals surface area (Å²) in [5.41, 5.74) is 7.86. The van der Waals surface area contributed by atoms with E-state index < -0.39 is 6.03 Å². The lowest BCUT2D eigenvalue weighted by atomic mass is 10.1. The molecule has 6 nitrogen and oxygen atoms in total. The van der Waals surface area contributed by atoms with Crippen LogP contribution in [0.15, 0.2) is 30.5 Å². The molecular weight excluding hydrogens is 242 g/mol. The van der Waals surface area contributed by atoms with Crippen LogP contribution in [0.3, 0.4) is 0 Å². The molecule has 1 unspecified atom stereocenters. The average Bonchev–Trinajstić information content (AvgIpc) is 2.46. The largest absolute Gasteiger partial charge is 0.351 e. The smallest absolute Gasteiger partial charge is 0.315 e. The van der Waals surface area contributed by atoms with Gasteiger partial charge < -0.3 is 16.0 Å². The summed E-state index contributed by atoms with van der Waals surface area (Å²) in [4.78, 5) is 22.1. The van der Waals surface area contributed by atoms with E-state index >= 15 is 0 Å². The molecule has 19 heavy (non-hydrogen) atoms. The molecule has 0 bridgehead atoms. The predicted molar refractivity (Wildman–Crippen MR) is 71.4 cm³/mol. The van der Waals surface area contributed by atoms with E-state index in [0.717, 1.165) is 23.3 Å². The van der Waals surface area contributed by atoms with E-state index in [-0.39, 0.29) is 6.04 Å². The second-order valence-corrected chi connectivity index (χ2v) is 4.54. The van der Waals surface area contributed by atoms with Crippen molar-refractivity contribution in [2.24, 2.45) is 5.73 Å². The number of piperazine rings is 1. The Hall–Kier alpha value is -2.21. The number of carbonyl (C=O) groups is 1. The van der Waals surface area contributed by atoms with Gasteiger partial charge in [0.05, 0.1) is 29.0 Å². The standard InChI is InChI=1S/C13H15N5O/c14-13(19)18-6-5-15-8-12(18)11-7-16-9-3-1-2-4-10(9)17-11/h1-4,7,12,15H,5-6,8H2,(H2,14,19). The Morgan fingerprint density at radius 1 is 1.37 bits per heavy atom. The van der Waals surface area contributed by atoms with Gasteiger partial charge >= 0.3 is 6.03 Å². The first-order valence-corrected chi connectivity index (χ1v) is 6.24. The van der Waals surface area contributed by atoms with E-state index in [1.165, 1.54) is 0 Å². The van der Waals surface area contributed by atoms with Crippen LogP contribution in [0.25, 0.3) is 11.0 Å². The van der Waals surface area contributed by atoms with Crippen LogP contribution in [0.5, 0.6) is 0 Å². The Morgan fingerprint density at radius 2 is 2.16 bits per heavy atom. The Labute approximate surface area is 110 Å². The molecule has 1 aromatic heterocycles. The van der Waals surface area contributed by atoms with Gasteiger partial charge in [0.1, 0.15) is 0 Å². The van der Waals surface area contributed by atoms with Gasteiger partial charge in [0.15, 0.2) is 0 Å². The van der Waals surface area contributed by atoms with Crippen molar-refractivity contribution < 1.29 is 4.79 Å². The van der Waals surface area contributed by atoms with Crippen molar-refractivity contribution in [1.82, 2.24) is 20.2 Å². The third-order valence-electron chi connectivity index (χ3n) is 3.34. The highest BCUT2D eigenvalue weighted by Crippen LogP contribution is 2.21. The SMILES string of the molecule is NC(=O)N1CCNCC1c1cnc2ccccc2n1. The summed E-state index contributed by atoms with van der Waals surface area (Å²) in [5.74, 6) is 0. The molecule has 0 saturated carbocycles. The lowest BCUT2D eigenvalue weighted by molar-refractivity contribution is 0.165. The van der Waals surface area contributed by atoms with E-state index in [9.17, 15) is 4.79 Å². The van der Waals surface area contributed by atoms with E-state index in [4.69, 9.17) is 5.73 Å². The molecule has 3 rings (SSSR count). The first-order chi connectivity index (χ1) is 9.25. The van der Waals surface area contributed by atoms with E-state index in [0.29, 0.717) is 13.1 Å². The molecule has 1 saturated heterocycles. The zero-order chi connectivity index (χ0) is 13.2. The number of nitrogens with two attached hydrogens (primary N) is 1. The minimum atomic E-state index is -0.415. The highest BCUT2D eigenvalue weighted by atomic mass is 16.2. The number of para-hydroxylation sites is 2. The second-order valence-electron chi connectivity index (χ2n) is 4.54. The number of fused-ring (bicyclic) bond motifs is 1. The molecule has 1 aliphatic rings. The van der Waals surface area contributed by atoms with Crippen molar-refractivity contribution in [3.63, 3.8) is 0 Å². The first kappa shape index (κ1) is 11.9. The molecule has 2 aromatic rings. The number of amides is 2. The maximum absolute atomic E-state index is 11.5. The molecule has 1 aromatic carbocycles. The van der Waals surface area contributed by atoms with Gasteiger partial charge in [0.25, 0.3) is 0 Å². The van der Waals surface area contributed by atoms with Crippen molar-refractivity contribution in [3.05, 3.63) is 36.2 Å². The van der Waals surface area contributed by atoms with Crippen LogP contribution >= 0.6 is 0 Å². The molecule has 2 heterocycles. The van der Waals surface area contributed by atoms with Crippen LogP contribution in [0.2, 0.25) is 0 Å². The molecule has 0 spiro atoms. The second kappa shape index (κ2) is 4.81. The molecular formula is C13H15N5O. The highest BCUT2D eigenvalue weighted by Gasteiger charge is 2.27. The fraction of sp³-hybridized carbons (Fsp3) is 0.308. The molecule has 0 radical (unpaired) electrons. The van der Waals surface area contributed by atoms with Crippen molar-refractivity contribution in [2.75, 3.05) is 19.6 Å². The van der Waals surface area contributed by atoms with Crippen molar-refractivity contribution >= 4 is 17.1 Å². The summed E-state index contributed by atoms with van der Waals surface area (Å²) in [6.07, 6.45) is 1.72. The number of carbonyl (C=O) groups excluding carboxylic acids is 1. The minimum Gasteiger partial charge on any atom is -0.351 e. The summed E-state index contributed by atoms with van der Waals surface area (Å²) in [6, 6.07) is 7.11. The fourth-order valence-corrected chi connectivity index (χ4v) is 2.36. The van der Waals surface area contributed by atoms with Gasteiger partial charge in [-0.15, -0.1) is 0 Å². The molecule has 98 valence electrons. The monoisotopic (exact) mass is 257 g/mol. The summed E-state index contributed by atoms with van der Waals surface area (Å²) >= 11 is 0. The quantitative estimate of drug-likeness (QED) is 0.785. The average molecular weight is 257 g/mol. The van der Waals surface area contributed by atoms with Gasteiger partial charge in [-0.05, 0) is 12.1 Å². The molecule has 6 heteroatoms. The highest BCUT2D eigenvalue weighted by molar-refractivity contribution is 5.74. The Kier molecular flexibility index (Phi) is 3.00. The van der Waals surface area contributed by atoms with E-state index in [2.05, 4.69) is 15.3 Å². The number of aromatic nitrogens is 2. The summed E-state index contributed by atoms with van der Waals surface area (Å²) in [5, 5.41) is 3.25. The number of nitrogens with zero attached hydrogens (tertiary/aromatic N) is 3. The summed E-state index contributed by atoms with van der Waals surface area (Å²) in [7, 11) is 0. The van der Waals surface area contributed by atoms with Gasteiger partial charge in [0, 0.05) is 19.6 Å². The van der Waals surface area contributed by atoms with Gasteiger partial charge in [-0.3, -0.25) is 4.98 Å². The minimum absolute atomic E-state index is 0.150. The number of nitrogens with one attached hydrogen (secondary N) is 1. The van der Waals surface area contributed by atoms with Gasteiger partial charge in [-0.1, -0.05) is 12.1 Å². The lowest BCUT2D eigenvalue weighted by Gasteiger charge is -2.34. The molecule has 1 fully saturated rings. The number of hydrogen-bond donors (Lipinski definition) is 2. The molecule has 1 atom stereocenters. The van der Waals surface area contributed by atoms with Crippen LogP contribution in [-0.2, 0) is 0 Å². The number of benzene rings is 1. The Balaban J connectivity index is 1.99. The van der Waals surface area contributed by atoms with Crippen LogP contribution < -0.4 is 11.1 Å². The van der Waals surface area contributed by atoms with Crippen LogP contribution in [-0.4, -0.2) is 40.5 Å². The fourth-order valence-electron chi connectivity index (χ4n) is 2.36. The number of primary amides is 1. The zero-order valence-corrected chi connectivity index (χ0v) is 10.4. The van der Waals surface area contributed by atoms with E-state index in [1.54, 1.807) is 11.1 Å². The first-order valence-electron chi connectivity index (χ1n) is 6.24. The Morgan fingerprint density at radius 3 is 2.95 bits per heavy atom. The van der Waals surface area contributed by atoms with Crippen molar-refractivity contribution in [2.45, 2.75) is 6.04 Å². The zero-order valence-electron chi connectivity index (χ0n) is 10.4. The van der Waals surface area contributed by atoms with Gasteiger partial charge in [0.2, 0.25) is 0 Å². The van der Waals surface area contributed by atoms with Crippen LogP contribution in [0.1, 0.15) is 11.7 Å².